The zero-order valence-corrected chi connectivity index (χ0v) is 8.61. The molecule has 0 amide bonds. The van der Waals surface area contributed by atoms with E-state index in [0.29, 0.717) is 0 Å². The first-order valence-electron chi connectivity index (χ1n) is 5.22. The smallest absolute Gasteiger partial charge is 0.0694 e. The number of rotatable bonds is 2. The quantitative estimate of drug-likeness (QED) is 0.774. The van der Waals surface area contributed by atoms with Gasteiger partial charge in [-0.1, -0.05) is 0 Å². The maximum absolute atomic E-state index is 9.28. The van der Waals surface area contributed by atoms with E-state index in [2.05, 4.69) is 21.4 Å². The van der Waals surface area contributed by atoms with Crippen molar-refractivity contribution in [1.82, 2.24) is 15.3 Å². The number of hydrogen-bond donors (Lipinski definition) is 1. The van der Waals surface area contributed by atoms with E-state index in [1.807, 2.05) is 0 Å². The molecule has 4 nitrogen and oxygen atoms in total. The maximum Gasteiger partial charge on any atom is 0.0694 e. The lowest BCUT2D eigenvalue weighted by molar-refractivity contribution is 0.278. The summed E-state index contributed by atoms with van der Waals surface area (Å²) in [5.74, 6) is 0. The zero-order valence-electron chi connectivity index (χ0n) is 8.61. The molecule has 1 N–H and O–H groups in total. The molecule has 1 aliphatic heterocycles. The van der Waals surface area contributed by atoms with E-state index in [1.54, 1.807) is 18.6 Å². The molecule has 0 aromatic carbocycles. The Bertz CT molecular complexity index is 349. The van der Waals surface area contributed by atoms with Gasteiger partial charge in [-0.2, -0.15) is 5.26 Å². The first-order valence-corrected chi connectivity index (χ1v) is 5.22. The van der Waals surface area contributed by atoms with Crippen molar-refractivity contribution < 1.29 is 0 Å². The summed E-state index contributed by atoms with van der Waals surface area (Å²) in [5.41, 5.74) is 0.683. The van der Waals surface area contributed by atoms with Crippen LogP contribution in [0.4, 0.5) is 0 Å². The van der Waals surface area contributed by atoms with E-state index < -0.39 is 0 Å². The van der Waals surface area contributed by atoms with Crippen molar-refractivity contribution in [2.45, 2.75) is 19.3 Å². The average molecular weight is 202 g/mol. The number of nitriles is 1. The molecule has 1 fully saturated rings. The molecule has 15 heavy (non-hydrogen) atoms. The molecule has 1 aliphatic rings. The van der Waals surface area contributed by atoms with Crippen molar-refractivity contribution in [3.05, 3.63) is 24.3 Å². The monoisotopic (exact) mass is 202 g/mol. The number of piperidine rings is 1. The predicted octanol–water partition coefficient (Wildman–Crippen LogP) is 0.912. The van der Waals surface area contributed by atoms with Crippen molar-refractivity contribution in [2.24, 2.45) is 5.41 Å². The minimum absolute atomic E-state index is 0.235. The summed E-state index contributed by atoms with van der Waals surface area (Å²) in [4.78, 5) is 8.26. The second-order valence-electron chi connectivity index (χ2n) is 4.02. The number of hydrogen-bond acceptors (Lipinski definition) is 4. The van der Waals surface area contributed by atoms with Gasteiger partial charge in [0.15, 0.2) is 0 Å². The Kier molecular flexibility index (Phi) is 2.93. The minimum atomic E-state index is -0.235. The van der Waals surface area contributed by atoms with Crippen molar-refractivity contribution >= 4 is 0 Å². The Morgan fingerprint density at radius 3 is 2.80 bits per heavy atom. The summed E-state index contributed by atoms with van der Waals surface area (Å²) in [7, 11) is 0. The van der Waals surface area contributed by atoms with Crippen LogP contribution in [-0.4, -0.2) is 23.1 Å². The predicted molar refractivity (Wildman–Crippen MR) is 55.9 cm³/mol. The van der Waals surface area contributed by atoms with Crippen LogP contribution in [0.25, 0.3) is 0 Å². The molecule has 1 aromatic rings. The molecule has 0 atom stereocenters. The molecule has 0 saturated carbocycles. The van der Waals surface area contributed by atoms with E-state index in [-0.39, 0.29) is 5.41 Å². The van der Waals surface area contributed by atoms with Crippen molar-refractivity contribution in [2.75, 3.05) is 13.1 Å². The lowest BCUT2D eigenvalue weighted by Crippen LogP contribution is -2.37. The van der Waals surface area contributed by atoms with Gasteiger partial charge in [0.05, 0.1) is 17.2 Å². The zero-order chi connectivity index (χ0) is 10.6. The normalized spacial score (nSPS) is 19.4. The molecule has 1 saturated heterocycles. The molecule has 0 spiro atoms. The van der Waals surface area contributed by atoms with Gasteiger partial charge in [0.2, 0.25) is 0 Å². The molecule has 0 radical (unpaired) electrons. The molecular weight excluding hydrogens is 188 g/mol. The Hall–Kier alpha value is -1.47. The fraction of sp³-hybridized carbons (Fsp3) is 0.545. The van der Waals surface area contributed by atoms with Gasteiger partial charge in [0.25, 0.3) is 0 Å². The molecule has 0 aliphatic carbocycles. The summed E-state index contributed by atoms with van der Waals surface area (Å²) in [6.07, 6.45) is 7.62. The number of nitrogens with one attached hydrogen (secondary N) is 1. The summed E-state index contributed by atoms with van der Waals surface area (Å²) in [6, 6.07) is 2.46. The van der Waals surface area contributed by atoms with Crippen LogP contribution in [0.5, 0.6) is 0 Å². The Morgan fingerprint density at radius 1 is 1.40 bits per heavy atom. The van der Waals surface area contributed by atoms with E-state index in [0.717, 1.165) is 38.0 Å². The fourth-order valence-corrected chi connectivity index (χ4v) is 2.00. The highest BCUT2D eigenvalue weighted by atomic mass is 14.9. The van der Waals surface area contributed by atoms with Gasteiger partial charge >= 0.3 is 0 Å². The topological polar surface area (TPSA) is 61.6 Å². The van der Waals surface area contributed by atoms with Crippen molar-refractivity contribution in [3.8, 4) is 6.07 Å². The van der Waals surface area contributed by atoms with E-state index >= 15 is 0 Å². The first-order chi connectivity index (χ1) is 7.35. The van der Waals surface area contributed by atoms with Gasteiger partial charge in [-0.15, -0.1) is 0 Å². The Morgan fingerprint density at radius 2 is 2.20 bits per heavy atom. The van der Waals surface area contributed by atoms with Crippen molar-refractivity contribution in [3.63, 3.8) is 0 Å². The van der Waals surface area contributed by atoms with Gasteiger partial charge in [-0.3, -0.25) is 9.97 Å². The van der Waals surface area contributed by atoms with Crippen LogP contribution in [0, 0.1) is 16.7 Å². The van der Waals surface area contributed by atoms with E-state index in [4.69, 9.17) is 0 Å². The molecular formula is C11H14N4. The standard InChI is InChI=1S/C11H14N4/c12-9-11(1-3-13-4-2-11)7-10-8-14-5-6-15-10/h5-6,8,13H,1-4,7H2. The second-order valence-corrected chi connectivity index (χ2v) is 4.02. The summed E-state index contributed by atoms with van der Waals surface area (Å²) < 4.78 is 0. The Labute approximate surface area is 89.4 Å². The van der Waals surface area contributed by atoms with Gasteiger partial charge in [-0.25, -0.2) is 0 Å². The highest BCUT2D eigenvalue weighted by molar-refractivity contribution is 5.10. The fourth-order valence-electron chi connectivity index (χ4n) is 2.00. The molecule has 0 bridgehead atoms. The third-order valence-corrected chi connectivity index (χ3v) is 2.93. The maximum atomic E-state index is 9.28. The van der Waals surface area contributed by atoms with Gasteiger partial charge < -0.3 is 5.32 Å². The Balaban J connectivity index is 2.12. The molecule has 4 heteroatoms. The largest absolute Gasteiger partial charge is 0.317 e. The van der Waals surface area contributed by atoms with Gasteiger partial charge in [-0.05, 0) is 25.9 Å². The minimum Gasteiger partial charge on any atom is -0.317 e. The lowest BCUT2D eigenvalue weighted by atomic mass is 9.77. The SMILES string of the molecule is N#CC1(Cc2cnccn2)CCNCC1. The molecule has 2 rings (SSSR count). The number of aromatic nitrogens is 2. The van der Waals surface area contributed by atoms with Crippen LogP contribution in [-0.2, 0) is 6.42 Å². The molecule has 78 valence electrons. The van der Waals surface area contributed by atoms with Crippen LogP contribution in [0.1, 0.15) is 18.5 Å². The van der Waals surface area contributed by atoms with Crippen LogP contribution in [0.15, 0.2) is 18.6 Å². The lowest BCUT2D eigenvalue weighted by Gasteiger charge is -2.30. The van der Waals surface area contributed by atoms with E-state index in [9.17, 15) is 5.26 Å². The number of nitrogens with zero attached hydrogens (tertiary/aromatic N) is 3. The molecule has 1 aromatic heterocycles. The molecule has 0 unspecified atom stereocenters. The third kappa shape index (κ3) is 2.31. The highest BCUT2D eigenvalue weighted by Crippen LogP contribution is 2.31. The summed E-state index contributed by atoms with van der Waals surface area (Å²) in [6.45, 7) is 1.85. The van der Waals surface area contributed by atoms with Crippen LogP contribution < -0.4 is 5.32 Å². The summed E-state index contributed by atoms with van der Waals surface area (Å²) in [5, 5.41) is 12.5. The highest BCUT2D eigenvalue weighted by Gasteiger charge is 2.32. The van der Waals surface area contributed by atoms with Gasteiger partial charge in [0, 0.05) is 25.0 Å². The molecule has 2 heterocycles. The van der Waals surface area contributed by atoms with Crippen LogP contribution in [0.3, 0.4) is 0 Å². The summed E-state index contributed by atoms with van der Waals surface area (Å²) >= 11 is 0. The van der Waals surface area contributed by atoms with E-state index in [1.165, 1.54) is 0 Å². The van der Waals surface area contributed by atoms with Crippen LogP contribution in [0.2, 0.25) is 0 Å². The van der Waals surface area contributed by atoms with Crippen LogP contribution >= 0.6 is 0 Å². The third-order valence-electron chi connectivity index (χ3n) is 2.93. The van der Waals surface area contributed by atoms with Gasteiger partial charge in [0.1, 0.15) is 0 Å². The van der Waals surface area contributed by atoms with Crippen molar-refractivity contribution in [1.29, 1.82) is 5.26 Å². The average Bonchev–Trinajstić information content (AvgIpc) is 2.32. The first kappa shape index (κ1) is 10.1. The second kappa shape index (κ2) is 4.37.